The average Bonchev–Trinajstić information content (AvgIpc) is 3.11. The average molecular weight is 529 g/mol. The van der Waals surface area contributed by atoms with Gasteiger partial charge in [-0.05, 0) is 69.7 Å². The van der Waals surface area contributed by atoms with Crippen LogP contribution < -0.4 is 0 Å². The third kappa shape index (κ3) is 4.50. The molecule has 0 aromatic heterocycles. The molecule has 0 heterocycles. The maximum absolute atomic E-state index is 13.2. The normalized spacial score (nSPS) is 13.4. The number of nitrogens with zero attached hydrogens (tertiary/aromatic N) is 1. The van der Waals surface area contributed by atoms with Gasteiger partial charge in [0.25, 0.3) is 0 Å². The number of hydrogen-bond acceptors (Lipinski definition) is 3. The van der Waals surface area contributed by atoms with Gasteiger partial charge in [0, 0.05) is 16.4 Å². The zero-order chi connectivity index (χ0) is 23.7. The molecule has 7 heteroatoms. The maximum atomic E-state index is 13.2. The van der Waals surface area contributed by atoms with Crippen molar-refractivity contribution in [2.45, 2.75) is 31.8 Å². The van der Waals surface area contributed by atoms with Gasteiger partial charge in [-0.1, -0.05) is 66.2 Å². The van der Waals surface area contributed by atoms with Crippen molar-refractivity contribution in [2.75, 3.05) is 6.61 Å². The van der Waals surface area contributed by atoms with Crippen LogP contribution in [0.3, 0.4) is 0 Å². The topological polar surface area (TPSA) is 66.8 Å². The first-order chi connectivity index (χ1) is 15.8. The molecule has 0 aliphatic heterocycles. The van der Waals surface area contributed by atoms with Gasteiger partial charge in [0.1, 0.15) is 6.61 Å². The van der Waals surface area contributed by atoms with Gasteiger partial charge in [-0.25, -0.2) is 9.59 Å². The third-order valence-corrected chi connectivity index (χ3v) is 7.11. The van der Waals surface area contributed by atoms with E-state index in [-0.39, 0.29) is 12.5 Å². The molecular weight excluding hydrogens is 506 g/mol. The smallest absolute Gasteiger partial charge is 0.411 e. The Morgan fingerprint density at radius 2 is 1.61 bits per heavy atom. The molecule has 33 heavy (non-hydrogen) atoms. The van der Waals surface area contributed by atoms with Crippen LogP contribution in [0.2, 0.25) is 5.02 Å². The van der Waals surface area contributed by atoms with E-state index >= 15 is 0 Å². The molecule has 170 valence electrons. The fraction of sp³-hybridized carbons (Fsp3) is 0.231. The van der Waals surface area contributed by atoms with Crippen molar-refractivity contribution in [1.29, 1.82) is 0 Å². The Kier molecular flexibility index (Phi) is 6.77. The lowest BCUT2D eigenvalue weighted by atomic mass is 9.98. The minimum absolute atomic E-state index is 0.110. The van der Waals surface area contributed by atoms with Crippen LogP contribution in [0.4, 0.5) is 4.79 Å². The van der Waals surface area contributed by atoms with Crippen LogP contribution in [0, 0.1) is 0 Å². The van der Waals surface area contributed by atoms with Gasteiger partial charge >= 0.3 is 12.1 Å². The Balaban J connectivity index is 1.60. The van der Waals surface area contributed by atoms with Crippen LogP contribution in [0.1, 0.15) is 42.5 Å². The number of carboxylic acids is 1. The van der Waals surface area contributed by atoms with E-state index in [0.717, 1.165) is 22.3 Å². The number of carboxylic acid groups (broad SMARTS) is 1. The van der Waals surface area contributed by atoms with Crippen molar-refractivity contribution in [3.8, 4) is 11.1 Å². The molecule has 5 nitrogen and oxygen atoms in total. The molecule has 1 aliphatic rings. The predicted molar refractivity (Wildman–Crippen MR) is 132 cm³/mol. The van der Waals surface area contributed by atoms with Crippen molar-refractivity contribution in [3.05, 3.63) is 92.9 Å². The number of amides is 1. The first kappa shape index (κ1) is 23.3. The Bertz CT molecular complexity index is 1170. The van der Waals surface area contributed by atoms with E-state index in [2.05, 4.69) is 28.1 Å². The number of halogens is 2. The maximum Gasteiger partial charge on any atom is 0.411 e. The molecule has 0 bridgehead atoms. The molecule has 4 rings (SSSR count). The van der Waals surface area contributed by atoms with Crippen LogP contribution in [0.15, 0.2) is 71.2 Å². The van der Waals surface area contributed by atoms with Crippen molar-refractivity contribution < 1.29 is 19.4 Å². The fourth-order valence-corrected chi connectivity index (χ4v) is 4.82. The van der Waals surface area contributed by atoms with E-state index in [4.69, 9.17) is 16.3 Å². The highest BCUT2D eigenvalue weighted by Crippen LogP contribution is 2.44. The standard InChI is InChI=1S/C26H23BrClNO4/c1-15(2)29(24(25(30)31)16-11-12-22(27)23(28)13-16)26(32)33-14-21-19-9-5-3-7-17(19)18-8-4-6-10-20(18)21/h3-13,15,21,24H,14H2,1-2H3,(H,30,31). The Morgan fingerprint density at radius 1 is 1.03 bits per heavy atom. The molecule has 3 aromatic carbocycles. The zero-order valence-corrected chi connectivity index (χ0v) is 20.5. The quantitative estimate of drug-likeness (QED) is 0.378. The summed E-state index contributed by atoms with van der Waals surface area (Å²) in [7, 11) is 0. The highest BCUT2D eigenvalue weighted by atomic mass is 79.9. The summed E-state index contributed by atoms with van der Waals surface area (Å²) in [5.74, 6) is -1.27. The summed E-state index contributed by atoms with van der Waals surface area (Å²) in [6, 6.07) is 19.3. The minimum atomic E-state index is -1.23. The first-order valence-electron chi connectivity index (χ1n) is 10.6. The van der Waals surface area contributed by atoms with Crippen LogP contribution >= 0.6 is 27.5 Å². The Hall–Kier alpha value is -2.83. The van der Waals surface area contributed by atoms with Crippen LogP contribution in [0.5, 0.6) is 0 Å². The van der Waals surface area contributed by atoms with Crippen molar-refractivity contribution in [1.82, 2.24) is 4.90 Å². The molecule has 1 amide bonds. The summed E-state index contributed by atoms with van der Waals surface area (Å²) in [4.78, 5) is 26.7. The van der Waals surface area contributed by atoms with Crippen molar-refractivity contribution in [3.63, 3.8) is 0 Å². The van der Waals surface area contributed by atoms with E-state index in [1.807, 2.05) is 36.4 Å². The fourth-order valence-electron chi connectivity index (χ4n) is 4.39. The largest absolute Gasteiger partial charge is 0.479 e. The zero-order valence-electron chi connectivity index (χ0n) is 18.2. The second-order valence-electron chi connectivity index (χ2n) is 8.22. The molecule has 1 aliphatic carbocycles. The lowest BCUT2D eigenvalue weighted by Crippen LogP contribution is -2.44. The summed E-state index contributed by atoms with van der Waals surface area (Å²) in [5.41, 5.74) is 4.85. The van der Waals surface area contributed by atoms with E-state index < -0.39 is 24.1 Å². The molecule has 0 saturated heterocycles. The number of carbonyl (C=O) groups is 2. The molecule has 3 aromatic rings. The summed E-state index contributed by atoms with van der Waals surface area (Å²) < 4.78 is 6.40. The van der Waals surface area contributed by atoms with E-state index in [1.165, 1.54) is 4.90 Å². The SMILES string of the molecule is CC(C)N(C(=O)OCC1c2ccccc2-c2ccccc21)C(C(=O)O)c1ccc(Br)c(Cl)c1. The monoisotopic (exact) mass is 527 g/mol. The van der Waals surface area contributed by atoms with Crippen LogP contribution in [0.25, 0.3) is 11.1 Å². The van der Waals surface area contributed by atoms with Gasteiger partial charge in [0.05, 0.1) is 5.02 Å². The summed E-state index contributed by atoms with van der Waals surface area (Å²) in [6.07, 6.45) is -0.682. The second-order valence-corrected chi connectivity index (χ2v) is 9.48. The number of fused-ring (bicyclic) bond motifs is 3. The highest BCUT2D eigenvalue weighted by Gasteiger charge is 2.36. The number of aliphatic carboxylic acids is 1. The minimum Gasteiger partial charge on any atom is -0.479 e. The van der Waals surface area contributed by atoms with E-state index in [1.54, 1.807) is 32.0 Å². The number of benzene rings is 3. The molecule has 0 spiro atoms. The highest BCUT2D eigenvalue weighted by molar-refractivity contribution is 9.10. The predicted octanol–water partition coefficient (Wildman–Crippen LogP) is 6.89. The van der Waals surface area contributed by atoms with Crippen molar-refractivity contribution in [2.24, 2.45) is 0 Å². The first-order valence-corrected chi connectivity index (χ1v) is 11.8. The summed E-state index contributed by atoms with van der Waals surface area (Å²) >= 11 is 9.51. The van der Waals surface area contributed by atoms with Gasteiger partial charge < -0.3 is 9.84 Å². The third-order valence-electron chi connectivity index (χ3n) is 5.87. The van der Waals surface area contributed by atoms with Crippen LogP contribution in [-0.2, 0) is 9.53 Å². The molecule has 0 fully saturated rings. The molecule has 1 atom stereocenters. The van der Waals surface area contributed by atoms with Crippen LogP contribution in [-0.4, -0.2) is 34.7 Å². The molecule has 1 unspecified atom stereocenters. The van der Waals surface area contributed by atoms with Gasteiger partial charge in [-0.2, -0.15) is 0 Å². The van der Waals surface area contributed by atoms with Gasteiger partial charge in [0.2, 0.25) is 0 Å². The van der Waals surface area contributed by atoms with E-state index in [9.17, 15) is 14.7 Å². The van der Waals surface area contributed by atoms with Gasteiger partial charge in [-0.3, -0.25) is 4.90 Å². The van der Waals surface area contributed by atoms with Gasteiger partial charge in [-0.15, -0.1) is 0 Å². The Labute approximate surface area is 206 Å². The Morgan fingerprint density at radius 3 is 2.12 bits per heavy atom. The molecule has 0 saturated carbocycles. The summed E-state index contributed by atoms with van der Waals surface area (Å²) in [6.45, 7) is 3.64. The number of rotatable bonds is 6. The van der Waals surface area contributed by atoms with E-state index in [0.29, 0.717) is 15.1 Å². The lowest BCUT2D eigenvalue weighted by molar-refractivity contribution is -0.143. The number of ether oxygens (including phenoxy) is 1. The van der Waals surface area contributed by atoms with Crippen molar-refractivity contribution >= 4 is 39.6 Å². The van der Waals surface area contributed by atoms with Gasteiger partial charge in [0.15, 0.2) is 6.04 Å². The molecule has 1 N–H and O–H groups in total. The second kappa shape index (κ2) is 9.57. The lowest BCUT2D eigenvalue weighted by Gasteiger charge is -2.32. The number of hydrogen-bond donors (Lipinski definition) is 1. The number of carbonyl (C=O) groups excluding carboxylic acids is 1. The summed E-state index contributed by atoms with van der Waals surface area (Å²) in [5, 5.41) is 10.4. The molecular formula is C26H23BrClNO4. The molecule has 0 radical (unpaired) electrons.